The highest BCUT2D eigenvalue weighted by Crippen LogP contribution is 2.27. The van der Waals surface area contributed by atoms with Crippen molar-refractivity contribution in [1.29, 1.82) is 0 Å². The van der Waals surface area contributed by atoms with Gasteiger partial charge in [-0.2, -0.15) is 5.10 Å². The largest absolute Gasteiger partial charge is 0.320 e. The van der Waals surface area contributed by atoms with Crippen LogP contribution in [-0.2, 0) is 9.59 Å². The third-order valence-corrected chi connectivity index (χ3v) is 4.81. The molecule has 2 aromatic rings. The Labute approximate surface area is 151 Å². The number of hydrogen-bond acceptors (Lipinski definition) is 5. The van der Waals surface area contributed by atoms with Crippen LogP contribution >= 0.6 is 11.8 Å². The lowest BCUT2D eigenvalue weighted by Gasteiger charge is -2.20. The number of rotatable bonds is 5. The molecule has 1 aliphatic heterocycles. The van der Waals surface area contributed by atoms with Crippen molar-refractivity contribution in [1.82, 2.24) is 0 Å². The van der Waals surface area contributed by atoms with Crippen LogP contribution in [0, 0.1) is 0 Å². The summed E-state index contributed by atoms with van der Waals surface area (Å²) in [6.07, 6.45) is 2.26. The second kappa shape index (κ2) is 7.53. The normalized spacial score (nSPS) is 16.5. The van der Waals surface area contributed by atoms with Crippen LogP contribution < -0.4 is 10.3 Å². The maximum absolute atomic E-state index is 12.6. The number of ketones is 1. The van der Waals surface area contributed by atoms with Gasteiger partial charge in [0.15, 0.2) is 5.78 Å². The fraction of sp³-hybridized carbons (Fsp3) is 0.211. The van der Waals surface area contributed by atoms with Crippen molar-refractivity contribution in [2.24, 2.45) is 5.10 Å². The molecule has 0 fully saturated rings. The first kappa shape index (κ1) is 17.2. The highest BCUT2D eigenvalue weighted by Gasteiger charge is 2.34. The molecule has 6 heteroatoms. The zero-order valence-corrected chi connectivity index (χ0v) is 14.9. The SMILES string of the molecule is CSc1ccccc1NC(=O)C1=NN(c2ccccc2)C(C(C)=O)C1. The zero-order valence-electron chi connectivity index (χ0n) is 14.1. The maximum Gasteiger partial charge on any atom is 0.271 e. The number of nitrogens with zero attached hydrogens (tertiary/aromatic N) is 2. The summed E-state index contributed by atoms with van der Waals surface area (Å²) >= 11 is 1.56. The van der Waals surface area contributed by atoms with E-state index in [-0.39, 0.29) is 11.7 Å². The first-order valence-electron chi connectivity index (χ1n) is 7.96. The number of benzene rings is 2. The van der Waals surface area contributed by atoms with Gasteiger partial charge in [0.25, 0.3) is 5.91 Å². The molecule has 1 N–H and O–H groups in total. The fourth-order valence-corrected chi connectivity index (χ4v) is 3.28. The highest BCUT2D eigenvalue weighted by atomic mass is 32.2. The van der Waals surface area contributed by atoms with Gasteiger partial charge in [-0.3, -0.25) is 14.6 Å². The van der Waals surface area contributed by atoms with Gasteiger partial charge in [0.2, 0.25) is 0 Å². The number of para-hydroxylation sites is 2. The summed E-state index contributed by atoms with van der Waals surface area (Å²) in [5, 5.41) is 8.97. The number of thioether (sulfide) groups is 1. The molecule has 0 aromatic heterocycles. The Morgan fingerprint density at radius 2 is 1.80 bits per heavy atom. The van der Waals surface area contributed by atoms with Crippen LogP contribution in [0.1, 0.15) is 13.3 Å². The van der Waals surface area contributed by atoms with Gasteiger partial charge in [0, 0.05) is 11.3 Å². The Morgan fingerprint density at radius 3 is 2.48 bits per heavy atom. The summed E-state index contributed by atoms with van der Waals surface area (Å²) in [5.41, 5.74) is 1.91. The van der Waals surface area contributed by atoms with Crippen LogP contribution in [0.2, 0.25) is 0 Å². The molecule has 2 aromatic carbocycles. The van der Waals surface area contributed by atoms with Gasteiger partial charge in [-0.25, -0.2) is 0 Å². The van der Waals surface area contributed by atoms with E-state index < -0.39 is 6.04 Å². The number of hydrogen-bond donors (Lipinski definition) is 1. The van der Waals surface area contributed by atoms with E-state index in [1.54, 1.807) is 16.8 Å². The lowest BCUT2D eigenvalue weighted by Crippen LogP contribution is -2.33. The number of Topliss-reactive ketones (excluding diaryl/α,β-unsaturated/α-hetero) is 1. The summed E-state index contributed by atoms with van der Waals surface area (Å²) in [7, 11) is 0. The van der Waals surface area contributed by atoms with Gasteiger partial charge in [-0.15, -0.1) is 11.8 Å². The topological polar surface area (TPSA) is 61.8 Å². The van der Waals surface area contributed by atoms with Gasteiger partial charge in [0.1, 0.15) is 11.8 Å². The van der Waals surface area contributed by atoms with E-state index in [4.69, 9.17) is 0 Å². The van der Waals surface area contributed by atoms with Gasteiger partial charge in [-0.1, -0.05) is 30.3 Å². The molecule has 128 valence electrons. The number of anilines is 2. The molecule has 5 nitrogen and oxygen atoms in total. The molecular formula is C19H19N3O2S. The molecule has 0 saturated heterocycles. The highest BCUT2D eigenvalue weighted by molar-refractivity contribution is 7.98. The molecule has 0 radical (unpaired) electrons. The number of carbonyl (C=O) groups excluding carboxylic acids is 2. The minimum absolute atomic E-state index is 0.0140. The molecule has 1 atom stereocenters. The summed E-state index contributed by atoms with van der Waals surface area (Å²) in [4.78, 5) is 25.6. The molecule has 1 heterocycles. The summed E-state index contributed by atoms with van der Waals surface area (Å²) in [5.74, 6) is -0.286. The quantitative estimate of drug-likeness (QED) is 0.835. The average molecular weight is 353 g/mol. The molecular weight excluding hydrogens is 334 g/mol. The van der Waals surface area contributed by atoms with Gasteiger partial charge in [-0.05, 0) is 37.4 Å². The smallest absolute Gasteiger partial charge is 0.271 e. The Bertz CT molecular complexity index is 820. The second-order valence-corrected chi connectivity index (χ2v) is 6.56. The molecule has 25 heavy (non-hydrogen) atoms. The monoisotopic (exact) mass is 353 g/mol. The van der Waals surface area contributed by atoms with Crippen LogP contribution in [0.5, 0.6) is 0 Å². The predicted octanol–water partition coefficient (Wildman–Crippen LogP) is 3.57. The minimum Gasteiger partial charge on any atom is -0.320 e. The number of hydrazone groups is 1. The molecule has 0 aliphatic carbocycles. The van der Waals surface area contributed by atoms with Crippen molar-refractivity contribution in [3.8, 4) is 0 Å². The molecule has 0 spiro atoms. The van der Waals surface area contributed by atoms with Crippen molar-refractivity contribution in [3.63, 3.8) is 0 Å². The van der Waals surface area contributed by atoms with Crippen molar-refractivity contribution >= 4 is 40.5 Å². The minimum atomic E-state index is -0.445. The molecule has 1 aliphatic rings. The lowest BCUT2D eigenvalue weighted by atomic mass is 10.1. The van der Waals surface area contributed by atoms with Gasteiger partial charge in [0.05, 0.1) is 11.4 Å². The Morgan fingerprint density at radius 1 is 1.12 bits per heavy atom. The van der Waals surface area contributed by atoms with E-state index in [0.29, 0.717) is 12.1 Å². The van der Waals surface area contributed by atoms with Gasteiger partial charge < -0.3 is 5.32 Å². The van der Waals surface area contributed by atoms with E-state index >= 15 is 0 Å². The van der Waals surface area contributed by atoms with Gasteiger partial charge >= 0.3 is 0 Å². The van der Waals surface area contributed by atoms with E-state index in [1.807, 2.05) is 60.9 Å². The first-order valence-corrected chi connectivity index (χ1v) is 9.19. The van der Waals surface area contributed by atoms with E-state index in [2.05, 4.69) is 10.4 Å². The Balaban J connectivity index is 1.84. The van der Waals surface area contributed by atoms with Crippen molar-refractivity contribution in [3.05, 3.63) is 54.6 Å². The number of nitrogens with one attached hydrogen (secondary N) is 1. The van der Waals surface area contributed by atoms with Crippen LogP contribution in [0.15, 0.2) is 64.6 Å². The Hall–Kier alpha value is -2.60. The first-order chi connectivity index (χ1) is 12.1. The molecule has 1 amide bonds. The summed E-state index contributed by atoms with van der Waals surface area (Å²) in [6.45, 7) is 1.53. The summed E-state index contributed by atoms with van der Waals surface area (Å²) in [6, 6.07) is 16.6. The third kappa shape index (κ3) is 3.74. The maximum atomic E-state index is 12.6. The van der Waals surface area contributed by atoms with Crippen LogP contribution in [0.4, 0.5) is 11.4 Å². The van der Waals surface area contributed by atoms with Crippen LogP contribution in [0.25, 0.3) is 0 Å². The van der Waals surface area contributed by atoms with Crippen molar-refractivity contribution in [2.45, 2.75) is 24.3 Å². The lowest BCUT2D eigenvalue weighted by molar-refractivity contribution is -0.118. The second-order valence-electron chi connectivity index (χ2n) is 5.71. The molecule has 1 unspecified atom stereocenters. The van der Waals surface area contributed by atoms with Crippen LogP contribution in [-0.4, -0.2) is 29.7 Å². The van der Waals surface area contributed by atoms with Crippen LogP contribution in [0.3, 0.4) is 0 Å². The molecule has 0 bridgehead atoms. The number of amides is 1. The van der Waals surface area contributed by atoms with E-state index in [0.717, 1.165) is 16.3 Å². The zero-order chi connectivity index (χ0) is 17.8. The van der Waals surface area contributed by atoms with Crippen molar-refractivity contribution < 1.29 is 9.59 Å². The molecule has 0 saturated carbocycles. The average Bonchev–Trinajstić information content (AvgIpc) is 3.09. The summed E-state index contributed by atoms with van der Waals surface area (Å²) < 4.78 is 0. The van der Waals surface area contributed by atoms with E-state index in [9.17, 15) is 9.59 Å². The van der Waals surface area contributed by atoms with Crippen molar-refractivity contribution in [2.75, 3.05) is 16.6 Å². The Kier molecular flexibility index (Phi) is 5.19. The fourth-order valence-electron chi connectivity index (χ4n) is 2.72. The molecule has 3 rings (SSSR count). The third-order valence-electron chi connectivity index (χ3n) is 4.02. The number of carbonyl (C=O) groups is 2. The predicted molar refractivity (Wildman–Crippen MR) is 102 cm³/mol. The van der Waals surface area contributed by atoms with E-state index in [1.165, 1.54) is 6.92 Å². The standard InChI is InChI=1S/C19H19N3O2S/c1-13(23)17-12-16(21-22(17)14-8-4-3-5-9-14)19(24)20-15-10-6-7-11-18(15)25-2/h3-11,17H,12H2,1-2H3,(H,20,24).